The fourth-order valence-electron chi connectivity index (χ4n) is 3.05. The van der Waals surface area contributed by atoms with Crippen LogP contribution in [0.3, 0.4) is 0 Å². The molecule has 4 nitrogen and oxygen atoms in total. The molecule has 1 unspecified atom stereocenters. The van der Waals surface area contributed by atoms with E-state index in [0.717, 1.165) is 32.5 Å². The van der Waals surface area contributed by atoms with Crippen molar-refractivity contribution in [2.75, 3.05) is 38.6 Å². The van der Waals surface area contributed by atoms with Crippen molar-refractivity contribution in [3.05, 3.63) is 30.3 Å². The van der Waals surface area contributed by atoms with Gasteiger partial charge in [-0.2, -0.15) is 0 Å². The van der Waals surface area contributed by atoms with Gasteiger partial charge < -0.3 is 15.1 Å². The number of nitrogens with zero attached hydrogens (tertiary/aromatic N) is 2. The minimum absolute atomic E-state index is 0. The molecule has 1 amide bonds. The largest absolute Gasteiger partial charge is 0.371 e. The minimum atomic E-state index is 0. The highest BCUT2D eigenvalue weighted by atomic mass is 35.5. The van der Waals surface area contributed by atoms with Gasteiger partial charge in [-0.3, -0.25) is 4.79 Å². The average molecular weight is 362 g/mol. The molecule has 0 aromatic heterocycles. The van der Waals surface area contributed by atoms with Crippen LogP contribution >= 0.6 is 24.8 Å². The number of likely N-dealkylation sites (tertiary alicyclic amines) is 1. The summed E-state index contributed by atoms with van der Waals surface area (Å²) >= 11 is 0. The van der Waals surface area contributed by atoms with Gasteiger partial charge in [0.1, 0.15) is 0 Å². The number of halogens is 2. The molecule has 1 fully saturated rings. The molecule has 0 radical (unpaired) electrons. The molecule has 1 atom stereocenters. The van der Waals surface area contributed by atoms with E-state index >= 15 is 0 Å². The molecule has 1 saturated heterocycles. The molecule has 0 saturated carbocycles. The Balaban J connectivity index is 0.00000242. The third-order valence-electron chi connectivity index (χ3n) is 4.42. The van der Waals surface area contributed by atoms with Gasteiger partial charge in [0.25, 0.3) is 0 Å². The zero-order valence-electron chi connectivity index (χ0n) is 14.2. The zero-order valence-corrected chi connectivity index (χ0v) is 15.8. The summed E-state index contributed by atoms with van der Waals surface area (Å²) in [6, 6.07) is 11.0. The fourth-order valence-corrected chi connectivity index (χ4v) is 3.05. The highest BCUT2D eigenvalue weighted by Crippen LogP contribution is 2.22. The molecule has 0 spiro atoms. The molecular formula is C17H29Cl2N3O. The van der Waals surface area contributed by atoms with Crippen molar-refractivity contribution in [3.63, 3.8) is 0 Å². The molecule has 23 heavy (non-hydrogen) atoms. The van der Waals surface area contributed by atoms with E-state index < -0.39 is 0 Å². The number of hydrogen-bond donors (Lipinski definition) is 1. The average Bonchev–Trinajstić information content (AvgIpc) is 2.54. The normalized spacial score (nSPS) is 16.0. The minimum Gasteiger partial charge on any atom is -0.371 e. The van der Waals surface area contributed by atoms with E-state index in [1.165, 1.54) is 5.69 Å². The van der Waals surface area contributed by atoms with Crippen LogP contribution < -0.4 is 10.2 Å². The topological polar surface area (TPSA) is 35.6 Å². The number of nitrogens with one attached hydrogen (secondary N) is 1. The molecule has 2 rings (SSSR count). The smallest absolute Gasteiger partial charge is 0.226 e. The van der Waals surface area contributed by atoms with Crippen molar-refractivity contribution in [1.82, 2.24) is 10.2 Å². The van der Waals surface area contributed by atoms with Gasteiger partial charge in [-0.05, 0) is 32.0 Å². The number of benzene rings is 1. The van der Waals surface area contributed by atoms with E-state index in [1.54, 1.807) is 0 Å². The van der Waals surface area contributed by atoms with E-state index in [9.17, 15) is 4.79 Å². The van der Waals surface area contributed by atoms with Crippen molar-refractivity contribution in [2.45, 2.75) is 25.8 Å². The predicted molar refractivity (Wildman–Crippen MR) is 102 cm³/mol. The van der Waals surface area contributed by atoms with Gasteiger partial charge in [-0.1, -0.05) is 25.1 Å². The number of carbonyl (C=O) groups excluding carboxylic acids is 1. The molecule has 1 aromatic rings. The molecule has 132 valence electrons. The highest BCUT2D eigenvalue weighted by molar-refractivity contribution is 5.85. The van der Waals surface area contributed by atoms with Gasteiger partial charge >= 0.3 is 0 Å². The van der Waals surface area contributed by atoms with Crippen LogP contribution in [0, 0.1) is 5.92 Å². The number of hydrogen-bond acceptors (Lipinski definition) is 3. The third kappa shape index (κ3) is 5.87. The quantitative estimate of drug-likeness (QED) is 0.875. The van der Waals surface area contributed by atoms with Crippen molar-refractivity contribution >= 4 is 36.4 Å². The summed E-state index contributed by atoms with van der Waals surface area (Å²) in [5.41, 5.74) is 1.26. The fraction of sp³-hybridized carbons (Fsp3) is 0.588. The van der Waals surface area contributed by atoms with Crippen LogP contribution in [0.5, 0.6) is 0 Å². The van der Waals surface area contributed by atoms with E-state index in [-0.39, 0.29) is 36.6 Å². The van der Waals surface area contributed by atoms with Crippen molar-refractivity contribution in [1.29, 1.82) is 0 Å². The standard InChI is InChI=1S/C17H27N3O.2ClH/c1-14(13-18-2)17(21)20-11-9-16(10-12-20)19(3)15-7-5-4-6-8-15;;/h4-8,14,16,18H,9-13H2,1-3H3;2*1H. The summed E-state index contributed by atoms with van der Waals surface area (Å²) in [6.45, 7) is 4.49. The monoisotopic (exact) mass is 361 g/mol. The van der Waals surface area contributed by atoms with Crippen LogP contribution in [-0.2, 0) is 4.79 Å². The second-order valence-corrected chi connectivity index (χ2v) is 5.96. The molecule has 1 aliphatic rings. The Morgan fingerprint density at radius 1 is 1.26 bits per heavy atom. The second-order valence-electron chi connectivity index (χ2n) is 5.96. The number of carbonyl (C=O) groups is 1. The first-order valence-corrected chi connectivity index (χ1v) is 7.84. The SMILES string of the molecule is CNCC(C)C(=O)N1CCC(N(C)c2ccccc2)CC1.Cl.Cl. The van der Waals surface area contributed by atoms with Crippen LogP contribution in [-0.4, -0.2) is 50.6 Å². The summed E-state index contributed by atoms with van der Waals surface area (Å²) in [5.74, 6) is 0.351. The van der Waals surface area contributed by atoms with E-state index in [1.807, 2.05) is 24.9 Å². The van der Waals surface area contributed by atoms with Gasteiger partial charge in [-0.15, -0.1) is 24.8 Å². The van der Waals surface area contributed by atoms with Crippen LogP contribution in [0.4, 0.5) is 5.69 Å². The Bertz CT molecular complexity index is 450. The predicted octanol–water partition coefficient (Wildman–Crippen LogP) is 2.81. The maximum atomic E-state index is 12.3. The Hall–Kier alpha value is -0.970. The summed E-state index contributed by atoms with van der Waals surface area (Å²) in [7, 11) is 4.05. The summed E-state index contributed by atoms with van der Waals surface area (Å²) in [4.78, 5) is 16.7. The molecule has 1 aliphatic heterocycles. The summed E-state index contributed by atoms with van der Waals surface area (Å²) in [6.07, 6.45) is 2.09. The van der Waals surface area contributed by atoms with Crippen LogP contribution in [0.1, 0.15) is 19.8 Å². The molecule has 1 N–H and O–H groups in total. The van der Waals surface area contributed by atoms with Crippen LogP contribution in [0.15, 0.2) is 30.3 Å². The van der Waals surface area contributed by atoms with Crippen LogP contribution in [0.25, 0.3) is 0 Å². The first-order chi connectivity index (χ1) is 10.1. The molecule has 1 heterocycles. The van der Waals surface area contributed by atoms with E-state index in [2.05, 4.69) is 41.5 Å². The first-order valence-electron chi connectivity index (χ1n) is 7.84. The van der Waals surface area contributed by atoms with Crippen molar-refractivity contribution in [2.24, 2.45) is 5.92 Å². The second kappa shape index (κ2) is 10.7. The third-order valence-corrected chi connectivity index (χ3v) is 4.42. The van der Waals surface area contributed by atoms with Crippen LogP contribution in [0.2, 0.25) is 0 Å². The lowest BCUT2D eigenvalue weighted by Crippen LogP contribution is -2.48. The first kappa shape index (κ1) is 22.0. The highest BCUT2D eigenvalue weighted by Gasteiger charge is 2.27. The summed E-state index contributed by atoms with van der Waals surface area (Å²) < 4.78 is 0. The van der Waals surface area contributed by atoms with Crippen molar-refractivity contribution < 1.29 is 4.79 Å². The Kier molecular flexibility index (Phi) is 10.3. The molecule has 0 bridgehead atoms. The zero-order chi connectivity index (χ0) is 15.2. The number of amides is 1. The van der Waals surface area contributed by atoms with Gasteiger partial charge in [0.15, 0.2) is 0 Å². The molecule has 0 aliphatic carbocycles. The Morgan fingerprint density at radius 3 is 2.35 bits per heavy atom. The molecular weight excluding hydrogens is 333 g/mol. The van der Waals surface area contributed by atoms with Gasteiger partial charge in [-0.25, -0.2) is 0 Å². The Morgan fingerprint density at radius 2 is 1.83 bits per heavy atom. The lowest BCUT2D eigenvalue weighted by molar-refractivity contribution is -0.135. The molecule has 1 aromatic carbocycles. The van der Waals surface area contributed by atoms with Crippen molar-refractivity contribution in [3.8, 4) is 0 Å². The molecule has 6 heteroatoms. The van der Waals surface area contributed by atoms with Gasteiger partial charge in [0, 0.05) is 44.3 Å². The number of rotatable bonds is 5. The number of para-hydroxylation sites is 1. The van der Waals surface area contributed by atoms with E-state index in [0.29, 0.717) is 6.04 Å². The lowest BCUT2D eigenvalue weighted by atomic mass is 10.0. The van der Waals surface area contributed by atoms with Gasteiger partial charge in [0.2, 0.25) is 5.91 Å². The lowest BCUT2D eigenvalue weighted by Gasteiger charge is -2.38. The summed E-state index contributed by atoms with van der Waals surface area (Å²) in [5, 5.41) is 3.08. The Labute approximate surface area is 152 Å². The van der Waals surface area contributed by atoms with Gasteiger partial charge in [0.05, 0.1) is 0 Å². The number of piperidine rings is 1. The van der Waals surface area contributed by atoms with E-state index in [4.69, 9.17) is 0 Å². The number of anilines is 1. The maximum Gasteiger partial charge on any atom is 0.226 e. The maximum absolute atomic E-state index is 12.3.